The van der Waals surface area contributed by atoms with Crippen molar-refractivity contribution in [1.82, 2.24) is 5.32 Å². The summed E-state index contributed by atoms with van der Waals surface area (Å²) in [5, 5.41) is 16.9. The average molecular weight is 499 g/mol. The lowest BCUT2D eigenvalue weighted by molar-refractivity contribution is 0.414. The van der Waals surface area contributed by atoms with Gasteiger partial charge in [0.05, 0.1) is 13.2 Å². The molecular formula is C26H24Cl2N2O4. The van der Waals surface area contributed by atoms with Gasteiger partial charge in [-0.3, -0.25) is 14.9 Å². The van der Waals surface area contributed by atoms with Gasteiger partial charge in [0.2, 0.25) is 0 Å². The molecule has 0 amide bonds. The third kappa shape index (κ3) is 5.25. The number of halogens is 2. The molecule has 0 saturated carbocycles. The summed E-state index contributed by atoms with van der Waals surface area (Å²) in [6, 6.07) is 22.7. The highest BCUT2D eigenvalue weighted by Crippen LogP contribution is 2.31. The first-order chi connectivity index (χ1) is 15.9. The van der Waals surface area contributed by atoms with Crippen LogP contribution in [0.25, 0.3) is 0 Å². The Labute approximate surface area is 208 Å². The van der Waals surface area contributed by atoms with Gasteiger partial charge in [0, 0.05) is 16.8 Å². The third-order valence-corrected chi connectivity index (χ3v) is 5.82. The van der Waals surface area contributed by atoms with Gasteiger partial charge in [-0.05, 0) is 60.0 Å². The van der Waals surface area contributed by atoms with Crippen molar-refractivity contribution in [1.29, 1.82) is 0 Å². The van der Waals surface area contributed by atoms with Crippen molar-refractivity contribution in [2.45, 2.75) is 19.0 Å². The monoisotopic (exact) mass is 498 g/mol. The third-order valence-electron chi connectivity index (χ3n) is 5.59. The Morgan fingerprint density at radius 1 is 0.882 bits per heavy atom. The summed E-state index contributed by atoms with van der Waals surface area (Å²) in [7, 11) is 1.62. The van der Waals surface area contributed by atoms with Gasteiger partial charge in [-0.25, -0.2) is 0 Å². The fourth-order valence-electron chi connectivity index (χ4n) is 3.74. The first-order valence-corrected chi connectivity index (χ1v) is 10.8. The van der Waals surface area contributed by atoms with Gasteiger partial charge in [0.25, 0.3) is 10.9 Å². The average Bonchev–Trinajstić information content (AvgIpc) is 2.85. The van der Waals surface area contributed by atoms with E-state index < -0.39 is 16.6 Å². The summed E-state index contributed by atoms with van der Waals surface area (Å²) in [5.74, 6) is 0.219. The summed E-state index contributed by atoms with van der Waals surface area (Å²) in [5.41, 5.74) is 1.89. The Morgan fingerprint density at radius 3 is 2.21 bits per heavy atom. The van der Waals surface area contributed by atoms with E-state index in [2.05, 4.69) is 17.6 Å². The van der Waals surface area contributed by atoms with E-state index in [0.29, 0.717) is 10.7 Å². The number of nitrogens with one attached hydrogen (secondary N) is 2. The van der Waals surface area contributed by atoms with Crippen LogP contribution >= 0.6 is 24.0 Å². The Morgan fingerprint density at radius 2 is 1.56 bits per heavy atom. The van der Waals surface area contributed by atoms with Gasteiger partial charge < -0.3 is 15.2 Å². The Hall–Kier alpha value is -3.32. The van der Waals surface area contributed by atoms with Crippen molar-refractivity contribution in [2.75, 3.05) is 12.4 Å². The highest BCUT2D eigenvalue weighted by molar-refractivity contribution is 6.30. The van der Waals surface area contributed by atoms with E-state index in [1.807, 2.05) is 66.7 Å². The predicted molar refractivity (Wildman–Crippen MR) is 138 cm³/mol. The first-order valence-electron chi connectivity index (χ1n) is 10.4. The molecule has 0 fully saturated rings. The molecule has 4 aromatic rings. The maximum absolute atomic E-state index is 11.7. The molecule has 0 radical (unpaired) electrons. The van der Waals surface area contributed by atoms with Crippen LogP contribution in [0, 0.1) is 0 Å². The number of ether oxygens (including phenoxy) is 1. The number of methoxy groups -OCH3 is 1. The summed E-state index contributed by atoms with van der Waals surface area (Å²) in [4.78, 5) is 23.1. The van der Waals surface area contributed by atoms with Gasteiger partial charge in [-0.1, -0.05) is 48.0 Å². The zero-order valence-electron chi connectivity index (χ0n) is 18.5. The SMILES string of the molecule is COc1ccc(C(NC(C)c2cccc(Cl)c2)c2cccc(Nc3c(O)c(=O)c3=O)c2)cc1.Cl. The Balaban J connectivity index is 0.00000324. The van der Waals surface area contributed by atoms with Crippen LogP contribution in [0.5, 0.6) is 11.5 Å². The summed E-state index contributed by atoms with van der Waals surface area (Å²) in [6.45, 7) is 2.06. The summed E-state index contributed by atoms with van der Waals surface area (Å²) >= 11 is 6.19. The standard InChI is InChI=1S/C26H23ClN2O4.ClH/c1-15(17-5-3-7-19(27)13-17)28-22(16-9-11-21(33-2)12-10-16)18-6-4-8-20(14-18)29-23-24(30)26(32)25(23)31;/h3-15,22,28-30H,1-2H3;1H. The summed E-state index contributed by atoms with van der Waals surface area (Å²) in [6.07, 6.45) is 0. The molecule has 0 bridgehead atoms. The molecule has 0 spiro atoms. The molecule has 0 heterocycles. The van der Waals surface area contributed by atoms with Crippen molar-refractivity contribution in [3.05, 3.63) is 115 Å². The molecule has 3 N–H and O–H groups in total. The van der Waals surface area contributed by atoms with Gasteiger partial charge in [-0.2, -0.15) is 0 Å². The highest BCUT2D eigenvalue weighted by atomic mass is 35.5. The topological polar surface area (TPSA) is 87.7 Å². The van der Waals surface area contributed by atoms with Gasteiger partial charge in [0.15, 0.2) is 5.75 Å². The number of benzene rings is 3. The molecule has 176 valence electrons. The van der Waals surface area contributed by atoms with Crippen LogP contribution in [0.4, 0.5) is 11.4 Å². The van der Waals surface area contributed by atoms with Crippen LogP contribution < -0.4 is 26.2 Å². The van der Waals surface area contributed by atoms with Gasteiger partial charge in [0.1, 0.15) is 11.4 Å². The molecule has 8 heteroatoms. The lowest BCUT2D eigenvalue weighted by Crippen LogP contribution is -2.32. The molecule has 34 heavy (non-hydrogen) atoms. The molecule has 2 unspecified atom stereocenters. The van der Waals surface area contributed by atoms with E-state index in [9.17, 15) is 14.7 Å². The van der Waals surface area contributed by atoms with Crippen LogP contribution in [0.2, 0.25) is 5.02 Å². The molecule has 0 aliphatic rings. The van der Waals surface area contributed by atoms with Crippen LogP contribution in [0.1, 0.15) is 35.7 Å². The van der Waals surface area contributed by atoms with E-state index in [0.717, 1.165) is 22.4 Å². The maximum Gasteiger partial charge on any atom is 0.271 e. The number of rotatable bonds is 8. The second kappa shape index (κ2) is 10.7. The van der Waals surface area contributed by atoms with E-state index in [-0.39, 0.29) is 30.2 Å². The van der Waals surface area contributed by atoms with Crippen LogP contribution in [-0.4, -0.2) is 12.2 Å². The van der Waals surface area contributed by atoms with E-state index >= 15 is 0 Å². The Bertz CT molecular complexity index is 1350. The van der Waals surface area contributed by atoms with Crippen molar-refractivity contribution >= 4 is 35.4 Å². The maximum atomic E-state index is 11.7. The zero-order valence-corrected chi connectivity index (χ0v) is 20.1. The predicted octanol–water partition coefficient (Wildman–Crippen LogP) is 5.26. The first kappa shape index (κ1) is 25.3. The summed E-state index contributed by atoms with van der Waals surface area (Å²) < 4.78 is 5.30. The van der Waals surface area contributed by atoms with Gasteiger partial charge >= 0.3 is 0 Å². The quantitative estimate of drug-likeness (QED) is 0.287. The number of hydrogen-bond acceptors (Lipinski definition) is 6. The largest absolute Gasteiger partial charge is 0.502 e. The molecular weight excluding hydrogens is 475 g/mol. The second-order valence-electron chi connectivity index (χ2n) is 7.78. The normalized spacial score (nSPS) is 12.6. The fourth-order valence-corrected chi connectivity index (χ4v) is 3.94. The van der Waals surface area contributed by atoms with Gasteiger partial charge in [-0.15, -0.1) is 12.4 Å². The molecule has 6 nitrogen and oxygen atoms in total. The number of anilines is 2. The molecule has 0 aromatic heterocycles. The minimum Gasteiger partial charge on any atom is -0.502 e. The molecule has 0 aliphatic heterocycles. The van der Waals surface area contributed by atoms with Crippen molar-refractivity contribution in [3.63, 3.8) is 0 Å². The number of aromatic hydroxyl groups is 1. The van der Waals surface area contributed by atoms with Crippen LogP contribution in [0.15, 0.2) is 82.4 Å². The van der Waals surface area contributed by atoms with E-state index in [4.69, 9.17) is 16.3 Å². The smallest absolute Gasteiger partial charge is 0.271 e. The molecule has 2 atom stereocenters. The minimum atomic E-state index is -0.873. The highest BCUT2D eigenvalue weighted by Gasteiger charge is 2.22. The van der Waals surface area contributed by atoms with Crippen molar-refractivity contribution < 1.29 is 9.84 Å². The zero-order chi connectivity index (χ0) is 23.5. The van der Waals surface area contributed by atoms with Crippen LogP contribution in [-0.2, 0) is 0 Å². The van der Waals surface area contributed by atoms with Crippen molar-refractivity contribution in [3.8, 4) is 11.5 Å². The van der Waals surface area contributed by atoms with E-state index in [1.54, 1.807) is 13.2 Å². The molecule has 4 rings (SSSR count). The van der Waals surface area contributed by atoms with E-state index in [1.165, 1.54) is 0 Å². The Kier molecular flexibility index (Phi) is 7.99. The number of hydrogen-bond donors (Lipinski definition) is 3. The minimum absolute atomic E-state index is 0. The van der Waals surface area contributed by atoms with Crippen molar-refractivity contribution in [2.24, 2.45) is 0 Å². The molecule has 0 aliphatic carbocycles. The van der Waals surface area contributed by atoms with Crippen LogP contribution in [0.3, 0.4) is 0 Å². The fraction of sp³-hybridized carbons (Fsp3) is 0.154. The second-order valence-corrected chi connectivity index (χ2v) is 8.22. The lowest BCUT2D eigenvalue weighted by Gasteiger charge is -2.25. The lowest BCUT2D eigenvalue weighted by atomic mass is 9.96. The molecule has 0 saturated heterocycles. The molecule has 4 aromatic carbocycles.